The Labute approximate surface area is 87.9 Å². The van der Waals surface area contributed by atoms with E-state index in [1.165, 1.54) is 11.8 Å². The van der Waals surface area contributed by atoms with E-state index in [0.29, 0.717) is 11.6 Å². The van der Waals surface area contributed by atoms with Gasteiger partial charge in [-0.2, -0.15) is 11.8 Å². The third-order valence-electron chi connectivity index (χ3n) is 1.40. The van der Waals surface area contributed by atoms with E-state index in [0.717, 1.165) is 5.75 Å². The Hall–Kier alpha value is -0.750. The van der Waals surface area contributed by atoms with Gasteiger partial charge in [-0.3, -0.25) is 9.79 Å². The zero-order valence-corrected chi connectivity index (χ0v) is 9.25. The standard InChI is InChI=1S/C8H17N3O2S/c1-5(11-6(2)9)3-14-4-7(10)8(12)13/h5,7H,3-4,10H2,1-2H3,(H2,9,11)(H,12,13)/t5?,7-/m1/s1. The van der Waals surface area contributed by atoms with Crippen LogP contribution in [0.25, 0.3) is 0 Å². The van der Waals surface area contributed by atoms with Crippen LogP contribution in [0.2, 0.25) is 0 Å². The highest BCUT2D eigenvalue weighted by molar-refractivity contribution is 7.99. The Morgan fingerprint density at radius 2 is 2.14 bits per heavy atom. The van der Waals surface area contributed by atoms with Gasteiger partial charge in [-0.05, 0) is 13.8 Å². The molecule has 0 rings (SSSR count). The lowest BCUT2D eigenvalue weighted by molar-refractivity contribution is -0.137. The summed E-state index contributed by atoms with van der Waals surface area (Å²) < 4.78 is 0. The number of hydrogen-bond acceptors (Lipinski definition) is 4. The Balaban J connectivity index is 3.64. The van der Waals surface area contributed by atoms with Gasteiger partial charge in [0.25, 0.3) is 0 Å². The Bertz CT molecular complexity index is 217. The molecular weight excluding hydrogens is 202 g/mol. The summed E-state index contributed by atoms with van der Waals surface area (Å²) in [5, 5.41) is 8.51. The number of rotatable bonds is 6. The van der Waals surface area contributed by atoms with Crippen LogP contribution < -0.4 is 11.5 Å². The largest absolute Gasteiger partial charge is 0.480 e. The lowest BCUT2D eigenvalue weighted by atomic mass is 10.4. The molecule has 0 saturated carbocycles. The fourth-order valence-corrected chi connectivity index (χ4v) is 1.77. The number of amidine groups is 1. The SMILES string of the molecule is CC(N)=NC(C)CSC[C@@H](N)C(=O)O. The van der Waals surface area contributed by atoms with Crippen molar-refractivity contribution in [2.24, 2.45) is 16.5 Å². The predicted molar refractivity (Wildman–Crippen MR) is 59.7 cm³/mol. The van der Waals surface area contributed by atoms with Gasteiger partial charge in [0, 0.05) is 11.5 Å². The maximum absolute atomic E-state index is 10.4. The zero-order valence-electron chi connectivity index (χ0n) is 8.43. The fraction of sp³-hybridized carbons (Fsp3) is 0.750. The molecule has 0 saturated heterocycles. The zero-order chi connectivity index (χ0) is 11.1. The molecule has 6 heteroatoms. The van der Waals surface area contributed by atoms with Crippen LogP contribution in [0.5, 0.6) is 0 Å². The van der Waals surface area contributed by atoms with Crippen LogP contribution in [0.4, 0.5) is 0 Å². The van der Waals surface area contributed by atoms with Crippen molar-refractivity contribution in [1.29, 1.82) is 0 Å². The van der Waals surface area contributed by atoms with Crippen molar-refractivity contribution in [3.63, 3.8) is 0 Å². The number of nitrogens with two attached hydrogens (primary N) is 2. The van der Waals surface area contributed by atoms with Gasteiger partial charge in [-0.1, -0.05) is 0 Å². The quantitative estimate of drug-likeness (QED) is 0.427. The van der Waals surface area contributed by atoms with Crippen molar-refractivity contribution in [3.05, 3.63) is 0 Å². The first-order valence-corrected chi connectivity index (χ1v) is 5.45. The van der Waals surface area contributed by atoms with E-state index in [4.69, 9.17) is 16.6 Å². The summed E-state index contributed by atoms with van der Waals surface area (Å²) in [5.74, 6) is 0.707. The number of carboxylic acid groups (broad SMARTS) is 1. The molecule has 0 aromatic heterocycles. The van der Waals surface area contributed by atoms with Crippen LogP contribution in [-0.4, -0.2) is 40.5 Å². The molecule has 82 valence electrons. The highest BCUT2D eigenvalue weighted by atomic mass is 32.2. The minimum absolute atomic E-state index is 0.103. The summed E-state index contributed by atoms with van der Waals surface area (Å²) in [7, 11) is 0. The maximum Gasteiger partial charge on any atom is 0.321 e. The number of carbonyl (C=O) groups is 1. The molecule has 5 N–H and O–H groups in total. The molecule has 0 aliphatic heterocycles. The van der Waals surface area contributed by atoms with Gasteiger partial charge in [0.2, 0.25) is 0 Å². The van der Waals surface area contributed by atoms with Gasteiger partial charge in [-0.15, -0.1) is 0 Å². The smallest absolute Gasteiger partial charge is 0.321 e. The third kappa shape index (κ3) is 6.73. The first kappa shape index (κ1) is 13.2. The third-order valence-corrected chi connectivity index (χ3v) is 2.71. The van der Waals surface area contributed by atoms with E-state index >= 15 is 0 Å². The molecule has 14 heavy (non-hydrogen) atoms. The number of hydrogen-bond donors (Lipinski definition) is 3. The van der Waals surface area contributed by atoms with Gasteiger partial charge in [0.15, 0.2) is 0 Å². The van der Waals surface area contributed by atoms with Crippen LogP contribution >= 0.6 is 11.8 Å². The van der Waals surface area contributed by atoms with Crippen molar-refractivity contribution < 1.29 is 9.90 Å². The van der Waals surface area contributed by atoms with E-state index in [1.807, 2.05) is 6.92 Å². The molecule has 0 aromatic rings. The molecule has 0 fully saturated rings. The fourth-order valence-electron chi connectivity index (χ4n) is 0.822. The van der Waals surface area contributed by atoms with Gasteiger partial charge in [0.05, 0.1) is 11.9 Å². The summed E-state index contributed by atoms with van der Waals surface area (Å²) in [6.07, 6.45) is 0. The first-order valence-electron chi connectivity index (χ1n) is 4.29. The van der Waals surface area contributed by atoms with Crippen LogP contribution in [0.15, 0.2) is 4.99 Å². The van der Waals surface area contributed by atoms with Crippen LogP contribution in [0.1, 0.15) is 13.8 Å². The predicted octanol–water partition coefficient (Wildman–Crippen LogP) is -0.103. The molecule has 0 bridgehead atoms. The maximum atomic E-state index is 10.4. The second-order valence-corrected chi connectivity index (χ2v) is 4.18. The highest BCUT2D eigenvalue weighted by Gasteiger charge is 2.11. The summed E-state index contributed by atoms with van der Waals surface area (Å²) in [4.78, 5) is 14.5. The summed E-state index contributed by atoms with van der Waals surface area (Å²) in [5.41, 5.74) is 10.7. The molecule has 0 heterocycles. The lowest BCUT2D eigenvalue weighted by Crippen LogP contribution is -2.32. The van der Waals surface area contributed by atoms with E-state index in [1.54, 1.807) is 6.92 Å². The van der Waals surface area contributed by atoms with Crippen molar-refractivity contribution >= 4 is 23.6 Å². The van der Waals surface area contributed by atoms with Crippen LogP contribution in [0, 0.1) is 0 Å². The molecule has 0 aliphatic rings. The number of aliphatic carboxylic acids is 1. The van der Waals surface area contributed by atoms with Gasteiger partial charge < -0.3 is 16.6 Å². The molecule has 1 unspecified atom stereocenters. The Morgan fingerprint density at radius 1 is 1.57 bits per heavy atom. The van der Waals surface area contributed by atoms with Crippen molar-refractivity contribution in [2.75, 3.05) is 11.5 Å². The minimum atomic E-state index is -0.969. The molecule has 0 amide bonds. The Kier molecular flexibility index (Phi) is 6.31. The Morgan fingerprint density at radius 3 is 2.57 bits per heavy atom. The van der Waals surface area contributed by atoms with Crippen LogP contribution in [-0.2, 0) is 4.79 Å². The topological polar surface area (TPSA) is 102 Å². The van der Waals surface area contributed by atoms with E-state index in [2.05, 4.69) is 4.99 Å². The highest BCUT2D eigenvalue weighted by Crippen LogP contribution is 2.06. The minimum Gasteiger partial charge on any atom is -0.480 e. The lowest BCUT2D eigenvalue weighted by Gasteiger charge is -2.08. The number of thioether (sulfide) groups is 1. The molecule has 0 aromatic carbocycles. The first-order chi connectivity index (χ1) is 6.43. The molecule has 0 aliphatic carbocycles. The molecular formula is C8H17N3O2S. The molecule has 0 radical (unpaired) electrons. The van der Waals surface area contributed by atoms with Crippen LogP contribution in [0.3, 0.4) is 0 Å². The molecule has 2 atom stereocenters. The van der Waals surface area contributed by atoms with Gasteiger partial charge in [0.1, 0.15) is 6.04 Å². The van der Waals surface area contributed by atoms with E-state index in [-0.39, 0.29) is 6.04 Å². The van der Waals surface area contributed by atoms with Crippen molar-refractivity contribution in [3.8, 4) is 0 Å². The van der Waals surface area contributed by atoms with Crippen molar-refractivity contribution in [2.45, 2.75) is 25.9 Å². The average molecular weight is 219 g/mol. The van der Waals surface area contributed by atoms with Crippen molar-refractivity contribution in [1.82, 2.24) is 0 Å². The summed E-state index contributed by atoms with van der Waals surface area (Å²) >= 11 is 1.47. The second kappa shape index (κ2) is 6.67. The number of nitrogens with zero attached hydrogens (tertiary/aromatic N) is 1. The van der Waals surface area contributed by atoms with Gasteiger partial charge >= 0.3 is 5.97 Å². The monoisotopic (exact) mass is 219 g/mol. The normalized spacial score (nSPS) is 16.4. The van der Waals surface area contributed by atoms with Gasteiger partial charge in [-0.25, -0.2) is 0 Å². The second-order valence-electron chi connectivity index (χ2n) is 3.10. The average Bonchev–Trinajstić information content (AvgIpc) is 2.02. The molecule has 0 spiro atoms. The van der Waals surface area contributed by atoms with E-state index < -0.39 is 12.0 Å². The van der Waals surface area contributed by atoms with E-state index in [9.17, 15) is 4.79 Å². The summed E-state index contributed by atoms with van der Waals surface area (Å²) in [6.45, 7) is 3.65. The number of aliphatic imine (C=N–C) groups is 1. The molecule has 5 nitrogen and oxygen atoms in total. The number of carboxylic acids is 1. The summed E-state index contributed by atoms with van der Waals surface area (Å²) in [6, 6.07) is -0.693.